The van der Waals surface area contributed by atoms with Crippen molar-refractivity contribution in [2.75, 3.05) is 5.32 Å². The number of H-pyrrole nitrogens is 1. The molecule has 0 spiro atoms. The van der Waals surface area contributed by atoms with Crippen molar-refractivity contribution >= 4 is 28.5 Å². The molecule has 3 aromatic carbocycles. The molecule has 1 heterocycles. The van der Waals surface area contributed by atoms with E-state index in [1.165, 1.54) is 18.2 Å². The molecule has 0 radical (unpaired) electrons. The molecule has 5 nitrogen and oxygen atoms in total. The van der Waals surface area contributed by atoms with Crippen molar-refractivity contribution in [2.24, 2.45) is 0 Å². The van der Waals surface area contributed by atoms with Crippen LogP contribution in [0.5, 0.6) is 0 Å². The van der Waals surface area contributed by atoms with Crippen molar-refractivity contribution in [3.63, 3.8) is 0 Å². The molecule has 0 aliphatic heterocycles. The predicted molar refractivity (Wildman–Crippen MR) is 110 cm³/mol. The Morgan fingerprint density at radius 3 is 2.29 bits per heavy atom. The van der Waals surface area contributed by atoms with Gasteiger partial charge in [0.2, 0.25) is 0 Å². The molecule has 0 atom stereocenters. The zero-order valence-corrected chi connectivity index (χ0v) is 15.8. The smallest absolute Gasteiger partial charge is 0.416 e. The van der Waals surface area contributed by atoms with E-state index in [1.54, 1.807) is 42.5 Å². The van der Waals surface area contributed by atoms with Gasteiger partial charge in [-0.3, -0.25) is 4.79 Å². The summed E-state index contributed by atoms with van der Waals surface area (Å²) in [4.78, 5) is 26.8. The lowest BCUT2D eigenvalue weighted by Crippen LogP contribution is -2.13. The number of fused-ring (bicyclic) bond motifs is 1. The molecule has 0 aliphatic rings. The number of hydrogen-bond donors (Lipinski definition) is 3. The number of halogens is 3. The highest BCUT2D eigenvalue weighted by Gasteiger charge is 2.30. The Morgan fingerprint density at radius 2 is 1.61 bits per heavy atom. The van der Waals surface area contributed by atoms with Crippen molar-refractivity contribution < 1.29 is 27.9 Å². The highest BCUT2D eigenvalue weighted by Crippen LogP contribution is 2.32. The van der Waals surface area contributed by atoms with E-state index >= 15 is 0 Å². The zero-order valence-electron chi connectivity index (χ0n) is 15.8. The average Bonchev–Trinajstić information content (AvgIpc) is 3.17. The molecule has 0 saturated carbocycles. The topological polar surface area (TPSA) is 82.2 Å². The Hall–Kier alpha value is -4.07. The van der Waals surface area contributed by atoms with Gasteiger partial charge in [-0.15, -0.1) is 0 Å². The van der Waals surface area contributed by atoms with Crippen LogP contribution in [0.25, 0.3) is 22.0 Å². The summed E-state index contributed by atoms with van der Waals surface area (Å²) in [7, 11) is 0. The Labute approximate surface area is 174 Å². The Balaban J connectivity index is 1.62. The van der Waals surface area contributed by atoms with Gasteiger partial charge in [0.25, 0.3) is 5.91 Å². The fourth-order valence-corrected chi connectivity index (χ4v) is 3.30. The number of benzene rings is 3. The number of carbonyl (C=O) groups is 2. The molecule has 0 fully saturated rings. The van der Waals surface area contributed by atoms with Crippen molar-refractivity contribution in [3.05, 3.63) is 89.6 Å². The SMILES string of the molecule is O=C(O)c1cc2cc(NC(=O)c3ccccc3-c3ccc(C(F)(F)F)cc3)ccc2[nH]1. The van der Waals surface area contributed by atoms with E-state index in [2.05, 4.69) is 10.3 Å². The number of rotatable bonds is 4. The summed E-state index contributed by atoms with van der Waals surface area (Å²) >= 11 is 0. The number of aromatic amines is 1. The van der Waals surface area contributed by atoms with Gasteiger partial charge < -0.3 is 15.4 Å². The number of anilines is 1. The standard InChI is InChI=1S/C23H15F3N2O3/c24-23(25,26)15-7-5-13(6-8-15)17-3-1-2-4-18(17)21(29)27-16-9-10-19-14(11-16)12-20(28-19)22(30)31/h1-12,28H,(H,27,29)(H,30,31). The summed E-state index contributed by atoms with van der Waals surface area (Å²) in [5.41, 5.74) is 1.60. The Morgan fingerprint density at radius 1 is 0.903 bits per heavy atom. The van der Waals surface area contributed by atoms with Crippen molar-refractivity contribution in [2.45, 2.75) is 6.18 Å². The van der Waals surface area contributed by atoms with Gasteiger partial charge in [-0.05, 0) is 53.6 Å². The third kappa shape index (κ3) is 4.13. The lowest BCUT2D eigenvalue weighted by molar-refractivity contribution is -0.137. The molecular formula is C23H15F3N2O3. The number of alkyl halides is 3. The van der Waals surface area contributed by atoms with E-state index in [-0.39, 0.29) is 5.69 Å². The largest absolute Gasteiger partial charge is 0.477 e. The minimum atomic E-state index is -4.44. The van der Waals surface area contributed by atoms with E-state index < -0.39 is 23.6 Å². The van der Waals surface area contributed by atoms with Gasteiger partial charge in [-0.25, -0.2) is 4.79 Å². The van der Waals surface area contributed by atoms with E-state index in [4.69, 9.17) is 5.11 Å². The first-order chi connectivity index (χ1) is 14.7. The molecule has 156 valence electrons. The minimum Gasteiger partial charge on any atom is -0.477 e. The lowest BCUT2D eigenvalue weighted by Gasteiger charge is -2.12. The first-order valence-electron chi connectivity index (χ1n) is 9.16. The molecule has 1 amide bonds. The molecule has 4 aromatic rings. The maximum atomic E-state index is 12.9. The van der Waals surface area contributed by atoms with Crippen molar-refractivity contribution in [1.82, 2.24) is 4.98 Å². The number of hydrogen-bond acceptors (Lipinski definition) is 2. The van der Waals surface area contributed by atoms with Gasteiger partial charge in [0.15, 0.2) is 0 Å². The highest BCUT2D eigenvalue weighted by atomic mass is 19.4. The second-order valence-electron chi connectivity index (χ2n) is 6.87. The van der Waals surface area contributed by atoms with Crippen LogP contribution < -0.4 is 5.32 Å². The molecule has 8 heteroatoms. The summed E-state index contributed by atoms with van der Waals surface area (Å²) < 4.78 is 38.5. The molecule has 31 heavy (non-hydrogen) atoms. The maximum Gasteiger partial charge on any atom is 0.416 e. The van der Waals surface area contributed by atoms with Gasteiger partial charge in [-0.1, -0.05) is 30.3 Å². The molecule has 0 aliphatic carbocycles. The number of amides is 1. The number of carbonyl (C=O) groups excluding carboxylic acids is 1. The van der Waals surface area contributed by atoms with Gasteiger partial charge in [0.1, 0.15) is 5.69 Å². The number of aromatic nitrogens is 1. The maximum absolute atomic E-state index is 12.9. The summed E-state index contributed by atoms with van der Waals surface area (Å²) in [6, 6.07) is 17.6. The van der Waals surface area contributed by atoms with Gasteiger partial charge in [-0.2, -0.15) is 13.2 Å². The van der Waals surface area contributed by atoms with E-state index in [0.29, 0.717) is 33.3 Å². The Bertz CT molecular complexity index is 1290. The molecule has 0 saturated heterocycles. The quantitative estimate of drug-likeness (QED) is 0.387. The van der Waals surface area contributed by atoms with Crippen LogP contribution in [0.4, 0.5) is 18.9 Å². The number of carboxylic acid groups (broad SMARTS) is 1. The number of aromatic carboxylic acids is 1. The van der Waals surface area contributed by atoms with Gasteiger partial charge >= 0.3 is 12.1 Å². The highest BCUT2D eigenvalue weighted by molar-refractivity contribution is 6.09. The van der Waals surface area contributed by atoms with Crippen molar-refractivity contribution in [3.8, 4) is 11.1 Å². The fourth-order valence-electron chi connectivity index (χ4n) is 3.30. The Kier molecular flexibility index (Phi) is 4.98. The summed E-state index contributed by atoms with van der Waals surface area (Å²) in [5, 5.41) is 12.5. The van der Waals surface area contributed by atoms with E-state index in [1.807, 2.05) is 0 Å². The monoisotopic (exact) mass is 424 g/mol. The molecular weight excluding hydrogens is 409 g/mol. The van der Waals surface area contributed by atoms with Gasteiger partial charge in [0.05, 0.1) is 5.56 Å². The number of nitrogens with one attached hydrogen (secondary N) is 2. The van der Waals surface area contributed by atoms with Gasteiger partial charge in [0, 0.05) is 22.2 Å². The molecule has 1 aromatic heterocycles. The first-order valence-corrected chi connectivity index (χ1v) is 9.16. The zero-order chi connectivity index (χ0) is 22.2. The van der Waals surface area contributed by atoms with E-state index in [0.717, 1.165) is 12.1 Å². The second kappa shape index (κ2) is 7.64. The van der Waals surface area contributed by atoms with Crippen LogP contribution in [-0.4, -0.2) is 22.0 Å². The van der Waals surface area contributed by atoms with Crippen LogP contribution in [0.15, 0.2) is 72.8 Å². The first kappa shape index (κ1) is 20.2. The summed E-state index contributed by atoms with van der Waals surface area (Å²) in [6.07, 6.45) is -4.44. The molecule has 0 bridgehead atoms. The molecule has 4 rings (SSSR count). The third-order valence-electron chi connectivity index (χ3n) is 4.80. The van der Waals surface area contributed by atoms with Crippen LogP contribution in [-0.2, 0) is 6.18 Å². The van der Waals surface area contributed by atoms with Crippen LogP contribution in [0.1, 0.15) is 26.4 Å². The normalized spacial score (nSPS) is 11.5. The van der Waals surface area contributed by atoms with Crippen LogP contribution in [0.2, 0.25) is 0 Å². The summed E-state index contributed by atoms with van der Waals surface area (Å²) in [5.74, 6) is -1.53. The van der Waals surface area contributed by atoms with Crippen LogP contribution in [0, 0.1) is 0 Å². The molecule has 3 N–H and O–H groups in total. The second-order valence-corrected chi connectivity index (χ2v) is 6.87. The average molecular weight is 424 g/mol. The number of carboxylic acids is 1. The lowest BCUT2D eigenvalue weighted by atomic mass is 9.98. The van der Waals surface area contributed by atoms with Crippen LogP contribution in [0.3, 0.4) is 0 Å². The third-order valence-corrected chi connectivity index (χ3v) is 4.80. The van der Waals surface area contributed by atoms with E-state index in [9.17, 15) is 22.8 Å². The predicted octanol–water partition coefficient (Wildman–Crippen LogP) is 5.80. The molecule has 0 unspecified atom stereocenters. The van der Waals surface area contributed by atoms with Crippen LogP contribution >= 0.6 is 0 Å². The fraction of sp³-hybridized carbons (Fsp3) is 0.0435. The minimum absolute atomic E-state index is 0.0334. The summed E-state index contributed by atoms with van der Waals surface area (Å²) in [6.45, 7) is 0. The van der Waals surface area contributed by atoms with Crippen molar-refractivity contribution in [1.29, 1.82) is 0 Å².